The van der Waals surface area contributed by atoms with Crippen LogP contribution >= 0.6 is 11.8 Å². The van der Waals surface area contributed by atoms with Gasteiger partial charge in [-0.2, -0.15) is 0 Å². The molecule has 1 unspecified atom stereocenters. The monoisotopic (exact) mass is 274 g/mol. The Morgan fingerprint density at radius 3 is 2.95 bits per heavy atom. The third-order valence-corrected chi connectivity index (χ3v) is 3.80. The number of benzene rings is 1. The van der Waals surface area contributed by atoms with Crippen molar-refractivity contribution >= 4 is 34.3 Å². The maximum Gasteiger partial charge on any atom is 0.316 e. The number of carboxylic acids is 1. The summed E-state index contributed by atoms with van der Waals surface area (Å²) in [5.41, 5.74) is 1.52. The maximum absolute atomic E-state index is 10.9. The van der Waals surface area contributed by atoms with Crippen LogP contribution in [0.5, 0.6) is 0 Å². The van der Waals surface area contributed by atoms with Crippen LogP contribution in [0.2, 0.25) is 0 Å². The van der Waals surface area contributed by atoms with E-state index in [2.05, 4.69) is 15.2 Å². The zero-order valence-corrected chi connectivity index (χ0v) is 10.8. The van der Waals surface area contributed by atoms with E-state index in [1.165, 1.54) is 0 Å². The second kappa shape index (κ2) is 4.51. The summed E-state index contributed by atoms with van der Waals surface area (Å²) >= 11 is 1.15. The number of rotatable bonds is 3. The van der Waals surface area contributed by atoms with Gasteiger partial charge in [-0.3, -0.25) is 9.20 Å². The Morgan fingerprint density at radius 2 is 2.16 bits per heavy atom. The Hall–Kier alpha value is -2.15. The molecule has 0 saturated carbocycles. The quantitative estimate of drug-likeness (QED) is 0.734. The van der Waals surface area contributed by atoms with Crippen molar-refractivity contribution in [2.45, 2.75) is 17.3 Å². The standard InChI is InChI=1S/C12H10N4O2S/c1-7(11(17)18)19-12-15-14-10-8-4-2-3-5-9(8)13-6-16(10)12/h2-7H,1H3,(H,17,18). The van der Waals surface area contributed by atoms with Crippen LogP contribution in [0.15, 0.2) is 35.7 Å². The van der Waals surface area contributed by atoms with Crippen LogP contribution < -0.4 is 0 Å². The number of nitrogens with zero attached hydrogens (tertiary/aromatic N) is 4. The highest BCUT2D eigenvalue weighted by Gasteiger charge is 2.17. The van der Waals surface area contributed by atoms with Gasteiger partial charge >= 0.3 is 5.97 Å². The van der Waals surface area contributed by atoms with E-state index < -0.39 is 11.2 Å². The fourth-order valence-corrected chi connectivity index (χ4v) is 2.50. The van der Waals surface area contributed by atoms with Gasteiger partial charge in [-0.25, -0.2) is 4.98 Å². The van der Waals surface area contributed by atoms with Crippen LogP contribution in [0, 0.1) is 0 Å². The number of aromatic nitrogens is 4. The molecule has 1 atom stereocenters. The number of hydrogen-bond acceptors (Lipinski definition) is 5. The zero-order chi connectivity index (χ0) is 13.4. The first kappa shape index (κ1) is 11.9. The Labute approximate surface area is 112 Å². The van der Waals surface area contributed by atoms with Crippen molar-refractivity contribution in [2.75, 3.05) is 0 Å². The fraction of sp³-hybridized carbons (Fsp3) is 0.167. The molecule has 0 aliphatic heterocycles. The number of para-hydroxylation sites is 1. The zero-order valence-electron chi connectivity index (χ0n) is 10.0. The first-order chi connectivity index (χ1) is 9.16. The minimum absolute atomic E-state index is 0.531. The topological polar surface area (TPSA) is 80.4 Å². The lowest BCUT2D eigenvalue weighted by atomic mass is 10.2. The van der Waals surface area contributed by atoms with E-state index in [4.69, 9.17) is 5.11 Å². The van der Waals surface area contributed by atoms with Crippen LogP contribution in [0.25, 0.3) is 16.6 Å². The van der Waals surface area contributed by atoms with Crippen LogP contribution in [0.1, 0.15) is 6.92 Å². The Kier molecular flexibility index (Phi) is 2.83. The summed E-state index contributed by atoms with van der Waals surface area (Å²) in [6.45, 7) is 1.61. The van der Waals surface area contributed by atoms with E-state index in [0.29, 0.717) is 10.8 Å². The lowest BCUT2D eigenvalue weighted by molar-refractivity contribution is -0.136. The Balaban J connectivity index is 2.13. The molecule has 0 spiro atoms. The smallest absolute Gasteiger partial charge is 0.316 e. The molecule has 0 saturated heterocycles. The third-order valence-electron chi connectivity index (χ3n) is 2.75. The molecule has 2 aromatic heterocycles. The van der Waals surface area contributed by atoms with Gasteiger partial charge in [-0.1, -0.05) is 23.9 Å². The summed E-state index contributed by atoms with van der Waals surface area (Å²) in [7, 11) is 0. The van der Waals surface area contributed by atoms with Crippen molar-refractivity contribution < 1.29 is 9.90 Å². The lowest BCUT2D eigenvalue weighted by Gasteiger charge is -2.04. The average molecular weight is 274 g/mol. The normalized spacial score (nSPS) is 12.9. The number of carbonyl (C=O) groups is 1. The molecule has 7 heteroatoms. The molecule has 0 radical (unpaired) electrons. The number of thioether (sulfide) groups is 1. The predicted molar refractivity (Wildman–Crippen MR) is 71.2 cm³/mol. The molecule has 19 heavy (non-hydrogen) atoms. The number of fused-ring (bicyclic) bond motifs is 3. The highest BCUT2D eigenvalue weighted by molar-refractivity contribution is 8.00. The van der Waals surface area contributed by atoms with Gasteiger partial charge in [0, 0.05) is 5.39 Å². The van der Waals surface area contributed by atoms with Gasteiger partial charge in [0.25, 0.3) is 0 Å². The first-order valence-corrected chi connectivity index (χ1v) is 6.53. The van der Waals surface area contributed by atoms with Crippen molar-refractivity contribution in [3.63, 3.8) is 0 Å². The van der Waals surface area contributed by atoms with E-state index in [1.807, 2.05) is 24.3 Å². The molecule has 0 aliphatic carbocycles. The molecule has 2 heterocycles. The van der Waals surface area contributed by atoms with E-state index >= 15 is 0 Å². The summed E-state index contributed by atoms with van der Waals surface area (Å²) in [6.07, 6.45) is 1.62. The minimum atomic E-state index is -0.879. The summed E-state index contributed by atoms with van der Waals surface area (Å²) in [5.74, 6) is -0.879. The van der Waals surface area contributed by atoms with E-state index in [-0.39, 0.29) is 0 Å². The fourth-order valence-electron chi connectivity index (χ4n) is 1.75. The summed E-state index contributed by atoms with van der Waals surface area (Å²) in [6, 6.07) is 7.63. The van der Waals surface area contributed by atoms with Gasteiger partial charge in [0.1, 0.15) is 11.6 Å². The van der Waals surface area contributed by atoms with E-state index in [0.717, 1.165) is 22.7 Å². The van der Waals surface area contributed by atoms with Gasteiger partial charge in [0.2, 0.25) is 0 Å². The molecule has 96 valence electrons. The van der Waals surface area contributed by atoms with Gasteiger partial charge in [0.05, 0.1) is 5.52 Å². The SMILES string of the molecule is CC(Sc1nnc2c3ccccc3ncn12)C(=O)O. The highest BCUT2D eigenvalue weighted by Crippen LogP contribution is 2.24. The summed E-state index contributed by atoms with van der Waals surface area (Å²) < 4.78 is 1.71. The van der Waals surface area contributed by atoms with Gasteiger partial charge in [-0.15, -0.1) is 10.2 Å². The minimum Gasteiger partial charge on any atom is -0.480 e. The van der Waals surface area contributed by atoms with Crippen LogP contribution in [0.4, 0.5) is 0 Å². The molecular formula is C12H10N4O2S. The molecule has 0 fully saturated rings. The highest BCUT2D eigenvalue weighted by atomic mass is 32.2. The molecule has 0 aliphatic rings. The van der Waals surface area contributed by atoms with Crippen LogP contribution in [0.3, 0.4) is 0 Å². The lowest BCUT2D eigenvalue weighted by Crippen LogP contribution is -2.11. The van der Waals surface area contributed by atoms with Crippen LogP contribution in [-0.4, -0.2) is 35.9 Å². The largest absolute Gasteiger partial charge is 0.480 e. The molecule has 1 N–H and O–H groups in total. The molecular weight excluding hydrogens is 264 g/mol. The number of hydrogen-bond donors (Lipinski definition) is 1. The predicted octanol–water partition coefficient (Wildman–Crippen LogP) is 1.84. The van der Waals surface area contributed by atoms with E-state index in [9.17, 15) is 4.79 Å². The molecule has 0 bridgehead atoms. The summed E-state index contributed by atoms with van der Waals surface area (Å²) in [4.78, 5) is 15.2. The van der Waals surface area contributed by atoms with Crippen molar-refractivity contribution in [1.82, 2.24) is 19.6 Å². The molecule has 3 aromatic rings. The van der Waals surface area contributed by atoms with Crippen molar-refractivity contribution in [3.8, 4) is 0 Å². The second-order valence-corrected chi connectivity index (χ2v) is 5.34. The molecule has 3 rings (SSSR count). The maximum atomic E-state index is 10.9. The summed E-state index contributed by atoms with van der Waals surface area (Å²) in [5, 5.41) is 17.9. The third kappa shape index (κ3) is 2.01. The van der Waals surface area contributed by atoms with Gasteiger partial charge in [-0.05, 0) is 19.1 Å². The van der Waals surface area contributed by atoms with Crippen molar-refractivity contribution in [1.29, 1.82) is 0 Å². The van der Waals surface area contributed by atoms with Gasteiger partial charge < -0.3 is 5.11 Å². The Bertz CT molecular complexity index is 771. The Morgan fingerprint density at radius 1 is 1.37 bits per heavy atom. The van der Waals surface area contributed by atoms with Gasteiger partial charge in [0.15, 0.2) is 10.8 Å². The number of carboxylic acid groups (broad SMARTS) is 1. The van der Waals surface area contributed by atoms with Crippen molar-refractivity contribution in [2.24, 2.45) is 0 Å². The molecule has 0 amide bonds. The average Bonchev–Trinajstić information content (AvgIpc) is 2.82. The first-order valence-electron chi connectivity index (χ1n) is 5.65. The number of aliphatic carboxylic acids is 1. The molecule has 1 aromatic carbocycles. The van der Waals surface area contributed by atoms with Crippen molar-refractivity contribution in [3.05, 3.63) is 30.6 Å². The van der Waals surface area contributed by atoms with E-state index in [1.54, 1.807) is 17.7 Å². The second-order valence-electron chi connectivity index (χ2n) is 4.04. The van der Waals surface area contributed by atoms with Crippen LogP contribution in [-0.2, 0) is 4.79 Å². The molecule has 6 nitrogen and oxygen atoms in total.